The first-order valence-corrected chi connectivity index (χ1v) is 12.8. The van der Waals surface area contributed by atoms with Crippen LogP contribution in [0.4, 0.5) is 16.0 Å². The molecule has 0 atom stereocenters. The highest BCUT2D eigenvalue weighted by Gasteiger charge is 2.18. The van der Waals surface area contributed by atoms with Gasteiger partial charge in [0.25, 0.3) is 15.9 Å². The highest BCUT2D eigenvalue weighted by atomic mass is 35.5. The van der Waals surface area contributed by atoms with E-state index in [-0.39, 0.29) is 27.4 Å². The molecule has 0 spiro atoms. The molecule has 0 aliphatic carbocycles. The first-order valence-electron chi connectivity index (χ1n) is 9.91. The molecule has 4 aromatic rings. The highest BCUT2D eigenvalue weighted by molar-refractivity contribution is 7.98. The molecule has 0 fully saturated rings. The lowest BCUT2D eigenvalue weighted by atomic mass is 10.2. The number of nitrogens with one attached hydrogen (secondary N) is 2. The zero-order valence-electron chi connectivity index (χ0n) is 17.7. The predicted octanol–water partition coefficient (Wildman–Crippen LogP) is 4.40. The summed E-state index contributed by atoms with van der Waals surface area (Å²) in [6.45, 7) is 0. The lowest BCUT2D eigenvalue weighted by molar-refractivity contribution is 0.102. The van der Waals surface area contributed by atoms with E-state index in [4.69, 9.17) is 11.6 Å². The van der Waals surface area contributed by atoms with Crippen molar-refractivity contribution < 1.29 is 17.6 Å². The first kappa shape index (κ1) is 24.5. The van der Waals surface area contributed by atoms with Crippen molar-refractivity contribution in [3.63, 3.8) is 0 Å². The van der Waals surface area contributed by atoms with Crippen molar-refractivity contribution in [1.82, 2.24) is 19.9 Å². The number of halogens is 2. The normalized spacial score (nSPS) is 11.1. The Morgan fingerprint density at radius 1 is 1.00 bits per heavy atom. The van der Waals surface area contributed by atoms with Gasteiger partial charge in [-0.25, -0.2) is 37.5 Å². The van der Waals surface area contributed by atoms with Gasteiger partial charge in [0.1, 0.15) is 5.82 Å². The minimum Gasteiger partial charge on any atom is -0.321 e. The van der Waals surface area contributed by atoms with Gasteiger partial charge in [0, 0.05) is 23.8 Å². The second kappa shape index (κ2) is 10.8. The first-order chi connectivity index (χ1) is 16.8. The minimum atomic E-state index is -3.91. The standard InChI is InChI=1S/C22H16ClFN6O3S2/c23-18-12-27-22(34-13-14-2-4-15(24)5-3-14)29-19(18)20(31)28-16-6-8-17(9-7-16)35(32,33)30-21-25-10-1-11-26-21/h1-12H,13H2,(H,28,31)(H,25,26,30). The smallest absolute Gasteiger partial charge is 0.275 e. The molecule has 1 amide bonds. The number of carbonyl (C=O) groups is 1. The minimum absolute atomic E-state index is 0.0390. The fourth-order valence-corrected chi connectivity index (χ4v) is 4.65. The zero-order chi connectivity index (χ0) is 24.8. The average molecular weight is 531 g/mol. The van der Waals surface area contributed by atoms with E-state index in [9.17, 15) is 17.6 Å². The molecule has 4 rings (SSSR count). The van der Waals surface area contributed by atoms with Crippen LogP contribution in [0.2, 0.25) is 5.02 Å². The number of hydrogen-bond acceptors (Lipinski definition) is 8. The Hall–Kier alpha value is -3.61. The molecule has 0 saturated carbocycles. The molecule has 35 heavy (non-hydrogen) atoms. The molecule has 0 radical (unpaired) electrons. The number of nitrogens with zero attached hydrogens (tertiary/aromatic N) is 4. The quantitative estimate of drug-likeness (QED) is 0.253. The Labute approximate surface area is 209 Å². The summed E-state index contributed by atoms with van der Waals surface area (Å²) in [4.78, 5) is 28.7. The maximum Gasteiger partial charge on any atom is 0.275 e. The topological polar surface area (TPSA) is 127 Å². The number of benzene rings is 2. The van der Waals surface area contributed by atoms with E-state index in [1.165, 1.54) is 66.8 Å². The van der Waals surface area contributed by atoms with E-state index in [1.807, 2.05) is 0 Å². The molecule has 0 aliphatic heterocycles. The molecule has 178 valence electrons. The number of amides is 1. The van der Waals surface area contributed by atoms with Crippen LogP contribution in [0.5, 0.6) is 0 Å². The van der Waals surface area contributed by atoms with Crippen LogP contribution in [-0.2, 0) is 15.8 Å². The van der Waals surface area contributed by atoms with Gasteiger partial charge in [0.15, 0.2) is 10.9 Å². The molecule has 2 aromatic heterocycles. The van der Waals surface area contributed by atoms with Crippen molar-refractivity contribution in [2.24, 2.45) is 0 Å². The summed E-state index contributed by atoms with van der Waals surface area (Å²) >= 11 is 7.38. The van der Waals surface area contributed by atoms with Crippen LogP contribution >= 0.6 is 23.4 Å². The van der Waals surface area contributed by atoms with Gasteiger partial charge in [0.2, 0.25) is 5.95 Å². The Morgan fingerprint density at radius 2 is 1.69 bits per heavy atom. The van der Waals surface area contributed by atoms with Gasteiger partial charge in [-0.15, -0.1) is 0 Å². The van der Waals surface area contributed by atoms with Crippen molar-refractivity contribution in [3.05, 3.63) is 95.3 Å². The summed E-state index contributed by atoms with van der Waals surface area (Å²) in [5.41, 5.74) is 1.16. The lowest BCUT2D eigenvalue weighted by Crippen LogP contribution is -2.16. The largest absolute Gasteiger partial charge is 0.321 e. The van der Waals surface area contributed by atoms with Crippen molar-refractivity contribution in [1.29, 1.82) is 0 Å². The van der Waals surface area contributed by atoms with Crippen LogP contribution in [0.25, 0.3) is 0 Å². The van der Waals surface area contributed by atoms with Gasteiger partial charge in [0.05, 0.1) is 16.1 Å². The second-order valence-electron chi connectivity index (χ2n) is 6.92. The molecule has 2 N–H and O–H groups in total. The molecule has 9 nitrogen and oxygen atoms in total. The van der Waals surface area contributed by atoms with Gasteiger partial charge in [-0.2, -0.15) is 0 Å². The number of aromatic nitrogens is 4. The Kier molecular flexibility index (Phi) is 7.54. The van der Waals surface area contributed by atoms with E-state index in [2.05, 4.69) is 30.0 Å². The molecule has 0 aliphatic rings. The van der Waals surface area contributed by atoms with E-state index < -0.39 is 15.9 Å². The van der Waals surface area contributed by atoms with Gasteiger partial charge < -0.3 is 5.32 Å². The van der Waals surface area contributed by atoms with Gasteiger partial charge >= 0.3 is 0 Å². The number of carbonyl (C=O) groups excluding carboxylic acids is 1. The van der Waals surface area contributed by atoms with E-state index in [1.54, 1.807) is 18.2 Å². The number of rotatable bonds is 8. The molecule has 0 saturated heterocycles. The zero-order valence-corrected chi connectivity index (χ0v) is 20.1. The van der Waals surface area contributed by atoms with Crippen LogP contribution in [0.15, 0.2) is 83.2 Å². The van der Waals surface area contributed by atoms with E-state index in [0.29, 0.717) is 16.6 Å². The van der Waals surface area contributed by atoms with Crippen LogP contribution in [0.3, 0.4) is 0 Å². The van der Waals surface area contributed by atoms with Crippen molar-refractivity contribution in [2.75, 3.05) is 10.0 Å². The van der Waals surface area contributed by atoms with Crippen LogP contribution < -0.4 is 10.0 Å². The molecule has 13 heteroatoms. The summed E-state index contributed by atoms with van der Waals surface area (Å²) < 4.78 is 40.3. The number of thioether (sulfide) groups is 1. The monoisotopic (exact) mass is 530 g/mol. The average Bonchev–Trinajstić information content (AvgIpc) is 2.85. The second-order valence-corrected chi connectivity index (χ2v) is 9.95. The summed E-state index contributed by atoms with van der Waals surface area (Å²) in [6.07, 6.45) is 4.15. The van der Waals surface area contributed by atoms with Crippen LogP contribution in [-0.4, -0.2) is 34.3 Å². The third kappa shape index (κ3) is 6.50. The van der Waals surface area contributed by atoms with Gasteiger partial charge in [-0.1, -0.05) is 35.5 Å². The van der Waals surface area contributed by atoms with E-state index in [0.717, 1.165) is 5.56 Å². The molecular weight excluding hydrogens is 515 g/mol. The van der Waals surface area contributed by atoms with Crippen LogP contribution in [0, 0.1) is 5.82 Å². The third-order valence-corrected chi connectivity index (χ3v) is 6.99. The fourth-order valence-electron chi connectivity index (χ4n) is 2.75. The summed E-state index contributed by atoms with van der Waals surface area (Å²) in [7, 11) is -3.91. The summed E-state index contributed by atoms with van der Waals surface area (Å²) in [5.74, 6) is -0.502. The highest BCUT2D eigenvalue weighted by Crippen LogP contribution is 2.23. The number of anilines is 2. The fraction of sp³-hybridized carbons (Fsp3) is 0.0455. The molecule has 2 aromatic carbocycles. The maximum absolute atomic E-state index is 13.1. The third-order valence-electron chi connectivity index (χ3n) is 4.43. The van der Waals surface area contributed by atoms with Gasteiger partial charge in [-0.3, -0.25) is 4.79 Å². The molecule has 0 unspecified atom stereocenters. The lowest BCUT2D eigenvalue weighted by Gasteiger charge is -2.09. The Morgan fingerprint density at radius 3 is 2.37 bits per heavy atom. The SMILES string of the molecule is O=C(Nc1ccc(S(=O)(=O)Nc2ncccn2)cc1)c1nc(SCc2ccc(F)cc2)ncc1Cl. The summed E-state index contributed by atoms with van der Waals surface area (Å²) in [5, 5.41) is 3.00. The molecule has 2 heterocycles. The predicted molar refractivity (Wildman–Crippen MR) is 130 cm³/mol. The number of sulfonamides is 1. The molecule has 0 bridgehead atoms. The van der Waals surface area contributed by atoms with Crippen LogP contribution in [0.1, 0.15) is 16.1 Å². The van der Waals surface area contributed by atoms with Crippen molar-refractivity contribution in [2.45, 2.75) is 15.8 Å². The Bertz CT molecular complexity index is 1440. The summed E-state index contributed by atoms with van der Waals surface area (Å²) in [6, 6.07) is 13.1. The van der Waals surface area contributed by atoms with E-state index >= 15 is 0 Å². The van der Waals surface area contributed by atoms with Crippen molar-refractivity contribution in [3.8, 4) is 0 Å². The number of hydrogen-bond donors (Lipinski definition) is 2. The Balaban J connectivity index is 1.42. The van der Waals surface area contributed by atoms with Gasteiger partial charge in [-0.05, 0) is 48.0 Å². The molecular formula is C22H16ClFN6O3S2. The maximum atomic E-state index is 13.1. The van der Waals surface area contributed by atoms with Crippen molar-refractivity contribution >= 4 is 50.9 Å².